The van der Waals surface area contributed by atoms with Crippen LogP contribution in [0, 0.1) is 11.6 Å². The van der Waals surface area contributed by atoms with Crippen molar-refractivity contribution in [1.82, 2.24) is 0 Å². The molecule has 0 amide bonds. The number of benzene rings is 2. The molecule has 7 heteroatoms. The van der Waals surface area contributed by atoms with Crippen molar-refractivity contribution in [2.24, 2.45) is 8.80 Å². The maximum Gasteiger partial charge on any atom is 0.364 e. The second-order valence-corrected chi connectivity index (χ2v) is 5.61. The minimum atomic E-state index is -4.04. The molecule has 4 nitrogen and oxygen atoms in total. The number of hydrogen-bond acceptors (Lipinski definition) is 2. The van der Waals surface area contributed by atoms with E-state index in [9.17, 15) is 17.2 Å². The molecule has 1 aliphatic heterocycles. The van der Waals surface area contributed by atoms with E-state index in [1.165, 1.54) is 36.4 Å². The van der Waals surface area contributed by atoms with E-state index in [2.05, 4.69) is 8.80 Å². The molecule has 1 heterocycles. The fourth-order valence-corrected chi connectivity index (χ4v) is 2.87. The van der Waals surface area contributed by atoms with Gasteiger partial charge in [0.15, 0.2) is 0 Å². The van der Waals surface area contributed by atoms with Crippen LogP contribution in [0.2, 0.25) is 0 Å². The summed E-state index contributed by atoms with van der Waals surface area (Å²) >= 11 is 0. The van der Waals surface area contributed by atoms with Crippen LogP contribution in [0.4, 0.5) is 8.78 Å². The van der Waals surface area contributed by atoms with E-state index in [4.69, 9.17) is 0 Å². The van der Waals surface area contributed by atoms with Crippen LogP contribution in [0.3, 0.4) is 0 Å². The maximum absolute atomic E-state index is 13.3. The molecule has 0 bridgehead atoms. The molecule has 2 aromatic carbocycles. The number of hydrogen-bond donors (Lipinski definition) is 0. The first-order valence-electron chi connectivity index (χ1n) is 5.92. The average molecular weight is 306 g/mol. The molecule has 2 aromatic rings. The van der Waals surface area contributed by atoms with Gasteiger partial charge in [-0.05, 0) is 24.3 Å². The third-order valence-corrected chi connectivity index (χ3v) is 3.66. The maximum atomic E-state index is 13.3. The Morgan fingerprint density at radius 2 is 1.19 bits per heavy atom. The van der Waals surface area contributed by atoms with Gasteiger partial charge in [-0.2, -0.15) is 8.42 Å². The summed E-state index contributed by atoms with van der Waals surface area (Å²) in [5, 5.41) is 0. The zero-order chi connectivity index (χ0) is 15.0. The van der Waals surface area contributed by atoms with Gasteiger partial charge in [0.1, 0.15) is 23.1 Å². The Kier molecular flexibility index (Phi) is 3.13. The van der Waals surface area contributed by atoms with Crippen LogP contribution in [-0.4, -0.2) is 19.8 Å². The van der Waals surface area contributed by atoms with E-state index in [-0.39, 0.29) is 22.6 Å². The number of rotatable bonds is 2. The van der Waals surface area contributed by atoms with E-state index >= 15 is 0 Å². The molecule has 0 N–H and O–H groups in total. The third-order valence-electron chi connectivity index (χ3n) is 2.83. The van der Waals surface area contributed by atoms with E-state index in [1.54, 1.807) is 0 Å². The lowest BCUT2D eigenvalue weighted by molar-refractivity contribution is 0.600. The normalized spacial score (nSPS) is 16.5. The Labute approximate surface area is 119 Å². The van der Waals surface area contributed by atoms with Crippen LogP contribution in [-0.2, 0) is 10.2 Å². The SMILES string of the molecule is O=S1(=O)N=C(c2cccc(F)c2)C(c2cccc(F)c2)=N1. The van der Waals surface area contributed by atoms with E-state index in [0.29, 0.717) is 0 Å². The Balaban J connectivity index is 2.18. The zero-order valence-electron chi connectivity index (χ0n) is 10.5. The summed E-state index contributed by atoms with van der Waals surface area (Å²) in [6, 6.07) is 10.6. The van der Waals surface area contributed by atoms with Crippen LogP contribution >= 0.6 is 0 Å². The Hall–Kier alpha value is -2.41. The highest BCUT2D eigenvalue weighted by atomic mass is 32.2. The van der Waals surface area contributed by atoms with Gasteiger partial charge in [-0.15, -0.1) is 8.80 Å². The third kappa shape index (κ3) is 2.73. The molecule has 0 aromatic heterocycles. The summed E-state index contributed by atoms with van der Waals surface area (Å²) < 4.78 is 56.8. The first kappa shape index (κ1) is 13.6. The standard InChI is InChI=1S/C14H8F2N2O2S/c15-11-5-1-3-9(7-11)13-14(18-21(19,20)17-13)10-4-2-6-12(16)8-10/h1-8H. The van der Waals surface area contributed by atoms with Gasteiger partial charge in [0.2, 0.25) is 0 Å². The highest BCUT2D eigenvalue weighted by molar-refractivity contribution is 7.89. The summed E-state index contributed by atoms with van der Waals surface area (Å²) in [4.78, 5) is 0. The predicted molar refractivity (Wildman–Crippen MR) is 74.8 cm³/mol. The molecule has 0 aliphatic carbocycles. The summed E-state index contributed by atoms with van der Waals surface area (Å²) in [6.45, 7) is 0. The van der Waals surface area contributed by atoms with Crippen molar-refractivity contribution in [3.8, 4) is 0 Å². The van der Waals surface area contributed by atoms with Gasteiger partial charge in [-0.3, -0.25) is 0 Å². The molecular weight excluding hydrogens is 298 g/mol. The molecule has 0 fully saturated rings. The molecule has 0 saturated heterocycles. The fourth-order valence-electron chi connectivity index (χ4n) is 1.99. The minimum Gasteiger partial charge on any atom is -0.207 e. The smallest absolute Gasteiger partial charge is 0.207 e. The van der Waals surface area contributed by atoms with Crippen molar-refractivity contribution in [2.75, 3.05) is 0 Å². The van der Waals surface area contributed by atoms with Gasteiger partial charge >= 0.3 is 10.2 Å². The van der Waals surface area contributed by atoms with Crippen molar-refractivity contribution < 1.29 is 17.2 Å². The summed E-state index contributed by atoms with van der Waals surface area (Å²) in [5.41, 5.74) is 0.526. The van der Waals surface area contributed by atoms with E-state index < -0.39 is 21.8 Å². The van der Waals surface area contributed by atoms with Crippen LogP contribution in [0.15, 0.2) is 57.3 Å². The molecule has 0 unspecified atom stereocenters. The molecule has 1 aliphatic rings. The molecule has 3 rings (SSSR count). The van der Waals surface area contributed by atoms with Crippen molar-refractivity contribution in [2.45, 2.75) is 0 Å². The lowest BCUT2D eigenvalue weighted by Crippen LogP contribution is -2.14. The molecule has 106 valence electrons. The Morgan fingerprint density at radius 1 is 0.762 bits per heavy atom. The molecule has 0 spiro atoms. The van der Waals surface area contributed by atoms with Gasteiger partial charge < -0.3 is 0 Å². The highest BCUT2D eigenvalue weighted by Gasteiger charge is 2.26. The zero-order valence-corrected chi connectivity index (χ0v) is 11.3. The summed E-state index contributed by atoms with van der Waals surface area (Å²) in [5.74, 6) is -1.06. The van der Waals surface area contributed by atoms with Crippen LogP contribution in [0.5, 0.6) is 0 Å². The van der Waals surface area contributed by atoms with Gasteiger partial charge in [0.25, 0.3) is 0 Å². The van der Waals surface area contributed by atoms with E-state index in [0.717, 1.165) is 12.1 Å². The monoisotopic (exact) mass is 306 g/mol. The van der Waals surface area contributed by atoms with Crippen LogP contribution in [0.25, 0.3) is 0 Å². The summed E-state index contributed by atoms with van der Waals surface area (Å²) in [6.07, 6.45) is 0. The van der Waals surface area contributed by atoms with Crippen molar-refractivity contribution in [3.05, 3.63) is 71.3 Å². The van der Waals surface area contributed by atoms with Gasteiger partial charge in [-0.25, -0.2) is 8.78 Å². The van der Waals surface area contributed by atoms with Gasteiger partial charge in [0, 0.05) is 11.1 Å². The van der Waals surface area contributed by atoms with Crippen LogP contribution < -0.4 is 0 Å². The van der Waals surface area contributed by atoms with Crippen molar-refractivity contribution >= 4 is 21.6 Å². The largest absolute Gasteiger partial charge is 0.364 e. The molecular formula is C14H8F2N2O2S. The lowest BCUT2D eigenvalue weighted by atomic mass is 10.00. The highest BCUT2D eigenvalue weighted by Crippen LogP contribution is 2.20. The van der Waals surface area contributed by atoms with Crippen molar-refractivity contribution in [1.29, 1.82) is 0 Å². The van der Waals surface area contributed by atoms with Gasteiger partial charge in [-0.1, -0.05) is 24.3 Å². The quantitative estimate of drug-likeness (QED) is 0.856. The van der Waals surface area contributed by atoms with Crippen LogP contribution in [0.1, 0.15) is 11.1 Å². The molecule has 0 radical (unpaired) electrons. The average Bonchev–Trinajstić information content (AvgIpc) is 2.75. The minimum absolute atomic E-state index is 0.0000926. The second kappa shape index (κ2) is 4.85. The Morgan fingerprint density at radius 3 is 1.57 bits per heavy atom. The molecule has 0 saturated carbocycles. The first-order chi connectivity index (χ1) is 9.94. The predicted octanol–water partition coefficient (Wildman–Crippen LogP) is 2.50. The molecule has 0 atom stereocenters. The van der Waals surface area contributed by atoms with E-state index in [1.807, 2.05) is 0 Å². The Bertz CT molecular complexity index is 822. The number of halogens is 2. The number of nitrogens with zero attached hydrogens (tertiary/aromatic N) is 2. The van der Waals surface area contributed by atoms with Crippen molar-refractivity contribution in [3.63, 3.8) is 0 Å². The first-order valence-corrected chi connectivity index (χ1v) is 7.31. The lowest BCUT2D eigenvalue weighted by Gasteiger charge is -2.05. The van der Waals surface area contributed by atoms with Gasteiger partial charge in [0.05, 0.1) is 0 Å². The topological polar surface area (TPSA) is 58.9 Å². The second-order valence-electron chi connectivity index (χ2n) is 4.35. The molecule has 21 heavy (non-hydrogen) atoms. The fraction of sp³-hybridized carbons (Fsp3) is 0. The summed E-state index contributed by atoms with van der Waals surface area (Å²) in [7, 11) is -4.04.